The molecular formula is C33H41N3O. The zero-order valence-electron chi connectivity index (χ0n) is 22.3. The van der Waals surface area contributed by atoms with Crippen LogP contribution in [0.25, 0.3) is 22.2 Å². The average Bonchev–Trinajstić information content (AvgIpc) is 3.29. The third kappa shape index (κ3) is 8.04. The van der Waals surface area contributed by atoms with E-state index in [1.54, 1.807) is 0 Å². The molecule has 4 aromatic rings. The van der Waals surface area contributed by atoms with E-state index in [0.717, 1.165) is 36.3 Å². The molecule has 0 aliphatic rings. The van der Waals surface area contributed by atoms with Crippen molar-refractivity contribution in [2.45, 2.75) is 77.7 Å². The third-order valence-electron chi connectivity index (χ3n) is 7.04. The maximum absolute atomic E-state index is 12.5. The molecule has 0 radical (unpaired) electrons. The fourth-order valence-corrected chi connectivity index (χ4v) is 4.96. The normalized spacial score (nSPS) is 11.2. The first-order valence-electron chi connectivity index (χ1n) is 14.1. The molecule has 4 nitrogen and oxygen atoms in total. The van der Waals surface area contributed by atoms with Gasteiger partial charge in [0.25, 0.3) is 0 Å². The number of aryl methyl sites for hydroxylation is 2. The highest BCUT2D eigenvalue weighted by molar-refractivity contribution is 5.79. The molecule has 0 unspecified atom stereocenters. The van der Waals surface area contributed by atoms with Gasteiger partial charge in [0.15, 0.2) is 0 Å². The second-order valence-electron chi connectivity index (χ2n) is 9.98. The molecule has 0 spiro atoms. The van der Waals surface area contributed by atoms with Crippen molar-refractivity contribution in [3.63, 3.8) is 0 Å². The molecule has 3 aromatic carbocycles. The Morgan fingerprint density at radius 3 is 2.22 bits per heavy atom. The smallest absolute Gasteiger partial charge is 0.224 e. The topological polar surface area (TPSA) is 46.9 Å². The highest BCUT2D eigenvalue weighted by atomic mass is 16.1. The van der Waals surface area contributed by atoms with Gasteiger partial charge in [-0.2, -0.15) is 0 Å². The van der Waals surface area contributed by atoms with Gasteiger partial charge in [-0.15, -0.1) is 0 Å². The maximum Gasteiger partial charge on any atom is 0.224 e. The molecule has 1 N–H and O–H groups in total. The summed E-state index contributed by atoms with van der Waals surface area (Å²) in [6.07, 6.45) is 11.3. The summed E-state index contributed by atoms with van der Waals surface area (Å²) < 4.78 is 2.40. The van der Waals surface area contributed by atoms with E-state index in [4.69, 9.17) is 4.98 Å². The molecule has 0 aliphatic heterocycles. The van der Waals surface area contributed by atoms with Crippen molar-refractivity contribution < 1.29 is 4.79 Å². The standard InChI is InChI=1S/C33H41N3O/c1-2-3-4-5-6-7-13-25-36-31-18-12-11-17-30(31)35-32(36)19-14-24-34-33(37)26-27-20-22-29(23-21-27)28-15-9-8-10-16-28/h8-12,15-18,20-23H,2-7,13-14,19,24-26H2,1H3,(H,34,37). The Kier molecular flexibility index (Phi) is 10.4. The van der Waals surface area contributed by atoms with Crippen LogP contribution < -0.4 is 5.32 Å². The number of unbranched alkanes of at least 4 members (excludes halogenated alkanes) is 6. The van der Waals surface area contributed by atoms with Crippen LogP contribution in [0.15, 0.2) is 78.9 Å². The number of hydrogen-bond acceptors (Lipinski definition) is 2. The number of aromatic nitrogens is 2. The van der Waals surface area contributed by atoms with Crippen LogP contribution in [-0.4, -0.2) is 22.0 Å². The number of nitrogens with one attached hydrogen (secondary N) is 1. The summed E-state index contributed by atoms with van der Waals surface area (Å²) in [5.74, 6) is 1.21. The molecule has 37 heavy (non-hydrogen) atoms. The van der Waals surface area contributed by atoms with Crippen molar-refractivity contribution in [1.82, 2.24) is 14.9 Å². The van der Waals surface area contributed by atoms with E-state index in [1.165, 1.54) is 61.6 Å². The van der Waals surface area contributed by atoms with E-state index >= 15 is 0 Å². The van der Waals surface area contributed by atoms with E-state index < -0.39 is 0 Å². The number of hydrogen-bond donors (Lipinski definition) is 1. The molecule has 4 rings (SSSR count). The summed E-state index contributed by atoms with van der Waals surface area (Å²) in [6.45, 7) is 3.96. The number of benzene rings is 3. The van der Waals surface area contributed by atoms with Gasteiger partial charge >= 0.3 is 0 Å². The number of carbonyl (C=O) groups is 1. The zero-order valence-corrected chi connectivity index (χ0v) is 22.3. The molecule has 0 saturated carbocycles. The van der Waals surface area contributed by atoms with Crippen molar-refractivity contribution in [2.75, 3.05) is 6.54 Å². The Labute approximate surface area is 222 Å². The van der Waals surface area contributed by atoms with Gasteiger partial charge in [-0.3, -0.25) is 4.79 Å². The van der Waals surface area contributed by atoms with E-state index in [1.807, 2.05) is 30.3 Å². The van der Waals surface area contributed by atoms with Gasteiger partial charge < -0.3 is 9.88 Å². The molecule has 4 heteroatoms. The second kappa shape index (κ2) is 14.4. The number of fused-ring (bicyclic) bond motifs is 1. The lowest BCUT2D eigenvalue weighted by Crippen LogP contribution is -2.26. The van der Waals surface area contributed by atoms with Crippen molar-refractivity contribution in [3.05, 3.63) is 90.3 Å². The highest BCUT2D eigenvalue weighted by Crippen LogP contribution is 2.20. The lowest BCUT2D eigenvalue weighted by atomic mass is 10.0. The van der Waals surface area contributed by atoms with Crippen molar-refractivity contribution >= 4 is 16.9 Å². The fraction of sp³-hybridized carbons (Fsp3) is 0.394. The van der Waals surface area contributed by atoms with Crippen LogP contribution in [0, 0.1) is 0 Å². The molecule has 1 heterocycles. The van der Waals surface area contributed by atoms with Crippen molar-refractivity contribution in [3.8, 4) is 11.1 Å². The number of amides is 1. The van der Waals surface area contributed by atoms with Crippen LogP contribution in [0.1, 0.15) is 69.7 Å². The van der Waals surface area contributed by atoms with Crippen LogP contribution in [0.5, 0.6) is 0 Å². The third-order valence-corrected chi connectivity index (χ3v) is 7.04. The van der Waals surface area contributed by atoms with Gasteiger partial charge in [0.05, 0.1) is 17.5 Å². The first kappa shape index (κ1) is 26.7. The number of imidazole rings is 1. The number of nitrogens with zero attached hydrogens (tertiary/aromatic N) is 2. The van der Waals surface area contributed by atoms with Crippen LogP contribution in [0.4, 0.5) is 0 Å². The molecule has 1 aromatic heterocycles. The molecule has 0 fully saturated rings. The highest BCUT2D eigenvalue weighted by Gasteiger charge is 2.11. The van der Waals surface area contributed by atoms with E-state index in [9.17, 15) is 4.79 Å². The predicted octanol–water partition coefficient (Wildman–Crippen LogP) is 7.75. The molecule has 0 aliphatic carbocycles. The van der Waals surface area contributed by atoms with Crippen molar-refractivity contribution in [2.24, 2.45) is 0 Å². The van der Waals surface area contributed by atoms with Crippen LogP contribution in [-0.2, 0) is 24.2 Å². The Morgan fingerprint density at radius 2 is 1.43 bits per heavy atom. The first-order chi connectivity index (χ1) is 18.2. The van der Waals surface area contributed by atoms with Gasteiger partial charge in [0.1, 0.15) is 5.82 Å². The Bertz CT molecular complexity index is 1230. The molecule has 0 bridgehead atoms. The zero-order chi connectivity index (χ0) is 25.7. The summed E-state index contributed by atoms with van der Waals surface area (Å²) in [5, 5.41) is 3.10. The van der Waals surface area contributed by atoms with E-state index in [-0.39, 0.29) is 5.91 Å². The molecule has 1 amide bonds. The predicted molar refractivity (Wildman–Crippen MR) is 155 cm³/mol. The average molecular weight is 496 g/mol. The fourth-order valence-electron chi connectivity index (χ4n) is 4.96. The summed E-state index contributed by atoms with van der Waals surface area (Å²) in [4.78, 5) is 17.4. The van der Waals surface area contributed by atoms with Crippen LogP contribution in [0.3, 0.4) is 0 Å². The molecular weight excluding hydrogens is 454 g/mol. The van der Waals surface area contributed by atoms with E-state index in [2.05, 4.69) is 65.3 Å². The Morgan fingerprint density at radius 1 is 0.757 bits per heavy atom. The molecule has 0 atom stereocenters. The van der Waals surface area contributed by atoms with Gasteiger partial charge in [-0.25, -0.2) is 4.98 Å². The van der Waals surface area contributed by atoms with Gasteiger partial charge in [-0.1, -0.05) is 112 Å². The Hall–Kier alpha value is -3.40. The summed E-state index contributed by atoms with van der Waals surface area (Å²) in [7, 11) is 0. The van der Waals surface area contributed by atoms with E-state index in [0.29, 0.717) is 13.0 Å². The van der Waals surface area contributed by atoms with Crippen molar-refractivity contribution in [1.29, 1.82) is 0 Å². The number of para-hydroxylation sites is 2. The second-order valence-corrected chi connectivity index (χ2v) is 9.98. The number of carbonyl (C=O) groups excluding carboxylic acids is 1. The minimum Gasteiger partial charge on any atom is -0.356 e. The lowest BCUT2D eigenvalue weighted by Gasteiger charge is -2.10. The summed E-state index contributed by atoms with van der Waals surface area (Å²) >= 11 is 0. The minimum absolute atomic E-state index is 0.0732. The number of rotatable bonds is 15. The van der Waals surface area contributed by atoms with Crippen LogP contribution >= 0.6 is 0 Å². The SMILES string of the molecule is CCCCCCCCCn1c(CCCNC(=O)Cc2ccc(-c3ccccc3)cc2)nc2ccccc21. The summed E-state index contributed by atoms with van der Waals surface area (Å²) in [6, 6.07) is 27.0. The lowest BCUT2D eigenvalue weighted by molar-refractivity contribution is -0.120. The molecule has 0 saturated heterocycles. The van der Waals surface area contributed by atoms with Crippen LogP contribution in [0.2, 0.25) is 0 Å². The van der Waals surface area contributed by atoms with Gasteiger partial charge in [0, 0.05) is 19.5 Å². The Balaban J connectivity index is 1.23. The monoisotopic (exact) mass is 495 g/mol. The largest absolute Gasteiger partial charge is 0.356 e. The minimum atomic E-state index is 0.0732. The quantitative estimate of drug-likeness (QED) is 0.171. The molecule has 194 valence electrons. The van der Waals surface area contributed by atoms with Gasteiger partial charge in [0.2, 0.25) is 5.91 Å². The first-order valence-corrected chi connectivity index (χ1v) is 14.1. The summed E-state index contributed by atoms with van der Waals surface area (Å²) in [5.41, 5.74) is 5.70. The maximum atomic E-state index is 12.5. The van der Waals surface area contributed by atoms with Gasteiger partial charge in [-0.05, 0) is 41.7 Å².